The molecule has 25 heteroatoms. The number of carbonyl (C=O) groups is 3. The Labute approximate surface area is 457 Å². The van der Waals surface area contributed by atoms with Crippen LogP contribution in [0.3, 0.4) is 0 Å². The van der Waals surface area contributed by atoms with E-state index in [0.717, 1.165) is 5.57 Å². The van der Waals surface area contributed by atoms with E-state index in [0.29, 0.717) is 44.9 Å². The molecule has 9 rings (SSSR count). The summed E-state index contributed by atoms with van der Waals surface area (Å²) in [7, 11) is 0. The van der Waals surface area contributed by atoms with Crippen LogP contribution in [0.25, 0.3) is 0 Å². The highest BCUT2D eigenvalue weighted by atomic mass is 16.8. The summed E-state index contributed by atoms with van der Waals surface area (Å²) in [4.78, 5) is 41.0. The summed E-state index contributed by atoms with van der Waals surface area (Å²) < 4.78 is 48.6. The Hall–Kier alpha value is -2.45. The smallest absolute Gasteiger partial charge is 0.335 e. The van der Waals surface area contributed by atoms with E-state index in [-0.39, 0.29) is 35.9 Å². The number of ether oxygens (including phenoxy) is 8. The number of carboxylic acids is 2. The minimum absolute atomic E-state index is 0.0113. The van der Waals surface area contributed by atoms with E-state index < -0.39 is 194 Å². The first-order chi connectivity index (χ1) is 36.9. The van der Waals surface area contributed by atoms with Crippen LogP contribution in [0.1, 0.15) is 106 Å². The highest BCUT2D eigenvalue weighted by Gasteiger charge is 2.72. The molecule has 4 heterocycles. The maximum atomic E-state index is 14.6. The SMILES string of the molecule is CC1(C)CC[C@]2(C(=O)O)C(=O)C[C@]3(C)C(=CC[C@@H]4[C@@]5(C)CC[C@H](O[C@@H]6O[C@H](C(=O)O)[C@@H](O)[C@H](O[C@@H]7O[C@H](CO)[C@@H](O)[C@H](O)[C@H]7O[C@@H]7O[C@H](CO)[C@@H](O)[C@H](O)[C@H]7O)[C@H]6O[C@H]6O[C@@H](CO)[C@H](O)[C@@H](O)[C@@H]6O)C(C)(C)[C@@H]5CC[C@]43C)[C@@H]2C1. The zero-order chi connectivity index (χ0) is 58.0. The van der Waals surface area contributed by atoms with Crippen molar-refractivity contribution in [3.63, 3.8) is 0 Å². The average Bonchev–Trinajstić information content (AvgIpc) is 3.51. The molecule has 4 saturated heterocycles. The molecule has 0 aromatic heterocycles. The Morgan fingerprint density at radius 3 is 1.63 bits per heavy atom. The predicted octanol–water partition coefficient (Wildman–Crippen LogP) is -2.20. The third-order valence-corrected chi connectivity index (χ3v) is 21.2. The Bertz CT molecular complexity index is 2280. The number of hydrogen-bond acceptors (Lipinski definition) is 23. The molecule has 9 aliphatic rings. The van der Waals surface area contributed by atoms with Gasteiger partial charge in [-0.3, -0.25) is 9.59 Å². The summed E-state index contributed by atoms with van der Waals surface area (Å²) in [6, 6.07) is 0. The van der Waals surface area contributed by atoms with Crippen LogP contribution in [0.2, 0.25) is 0 Å². The summed E-state index contributed by atoms with van der Waals surface area (Å²) in [5.41, 5.74) is -2.87. The van der Waals surface area contributed by atoms with E-state index in [4.69, 9.17) is 37.9 Å². The fourth-order valence-corrected chi connectivity index (χ4v) is 16.4. The second kappa shape index (κ2) is 21.9. The van der Waals surface area contributed by atoms with Gasteiger partial charge in [-0.1, -0.05) is 60.1 Å². The van der Waals surface area contributed by atoms with Crippen LogP contribution in [-0.2, 0) is 52.3 Å². The molecule has 4 aliphatic heterocycles. The molecular formula is C54H84O25. The topological polar surface area (TPSA) is 408 Å². The second-order valence-corrected chi connectivity index (χ2v) is 26.2. The quantitative estimate of drug-likeness (QED) is 0.0529. The molecule has 0 aromatic rings. The highest BCUT2D eigenvalue weighted by molar-refractivity contribution is 6.05. The van der Waals surface area contributed by atoms with Gasteiger partial charge in [0.25, 0.3) is 0 Å². The lowest BCUT2D eigenvalue weighted by Gasteiger charge is -2.71. The summed E-state index contributed by atoms with van der Waals surface area (Å²) in [6.07, 6.45) is -33.4. The van der Waals surface area contributed by atoms with E-state index in [9.17, 15) is 85.9 Å². The lowest BCUT2D eigenvalue weighted by Crippen LogP contribution is -2.69. The van der Waals surface area contributed by atoms with Crippen LogP contribution in [-0.4, -0.2) is 238 Å². The van der Waals surface area contributed by atoms with E-state index in [1.54, 1.807) is 0 Å². The first kappa shape index (κ1) is 61.1. The number of aliphatic hydroxyl groups is 12. The molecule has 0 spiro atoms. The van der Waals surface area contributed by atoms with Gasteiger partial charge in [-0.2, -0.15) is 0 Å². The van der Waals surface area contributed by atoms with Crippen molar-refractivity contribution in [3.8, 4) is 0 Å². The molecular weight excluding hydrogens is 1050 g/mol. The predicted molar refractivity (Wildman–Crippen MR) is 264 cm³/mol. The van der Waals surface area contributed by atoms with Gasteiger partial charge in [0.05, 0.1) is 25.9 Å². The number of aliphatic hydroxyl groups excluding tert-OH is 12. The molecule has 0 bridgehead atoms. The molecule has 0 aromatic carbocycles. The molecule has 450 valence electrons. The Balaban J connectivity index is 1.05. The van der Waals surface area contributed by atoms with Gasteiger partial charge < -0.3 is 109 Å². The summed E-state index contributed by atoms with van der Waals surface area (Å²) >= 11 is 0. The molecule has 25 nitrogen and oxygen atoms in total. The number of ketones is 1. The van der Waals surface area contributed by atoms with Gasteiger partial charge in [0.15, 0.2) is 37.0 Å². The highest BCUT2D eigenvalue weighted by Crippen LogP contribution is 2.75. The van der Waals surface area contributed by atoms with E-state index in [1.807, 2.05) is 13.8 Å². The molecule has 14 N–H and O–H groups in total. The summed E-state index contributed by atoms with van der Waals surface area (Å²) in [5.74, 6) is -3.56. The van der Waals surface area contributed by atoms with Gasteiger partial charge in [0.2, 0.25) is 0 Å². The maximum absolute atomic E-state index is 14.6. The molecule has 0 radical (unpaired) electrons. The summed E-state index contributed by atoms with van der Waals surface area (Å²) in [6.45, 7) is 12.2. The van der Waals surface area contributed by atoms with Crippen molar-refractivity contribution in [1.82, 2.24) is 0 Å². The minimum Gasteiger partial charge on any atom is -0.480 e. The normalized spacial score (nSPS) is 52.4. The van der Waals surface area contributed by atoms with Crippen LogP contribution in [0.4, 0.5) is 0 Å². The maximum Gasteiger partial charge on any atom is 0.335 e. The van der Waals surface area contributed by atoms with Crippen molar-refractivity contribution in [2.75, 3.05) is 19.8 Å². The number of aliphatic carboxylic acids is 2. The van der Waals surface area contributed by atoms with E-state index in [1.165, 1.54) is 0 Å². The Kier molecular flexibility index (Phi) is 16.9. The Morgan fingerprint density at radius 1 is 0.570 bits per heavy atom. The second-order valence-electron chi connectivity index (χ2n) is 26.2. The zero-order valence-electron chi connectivity index (χ0n) is 45.7. The lowest BCUT2D eigenvalue weighted by atomic mass is 9.33. The minimum atomic E-state index is -2.29. The number of hydrogen-bond donors (Lipinski definition) is 14. The number of Topliss-reactive ketones (excluding diaryl/α,β-unsaturated/α-hetero) is 1. The molecule has 8 fully saturated rings. The van der Waals surface area contributed by atoms with Gasteiger partial charge in [-0.15, -0.1) is 0 Å². The van der Waals surface area contributed by atoms with Crippen LogP contribution in [0, 0.1) is 50.2 Å². The third-order valence-electron chi connectivity index (χ3n) is 21.2. The molecule has 5 aliphatic carbocycles. The fourth-order valence-electron chi connectivity index (χ4n) is 16.4. The summed E-state index contributed by atoms with van der Waals surface area (Å²) in [5, 5.41) is 151. The third kappa shape index (κ3) is 9.77. The van der Waals surface area contributed by atoms with Crippen LogP contribution < -0.4 is 0 Å². The van der Waals surface area contributed by atoms with Gasteiger partial charge in [-0.05, 0) is 84.9 Å². The zero-order valence-corrected chi connectivity index (χ0v) is 45.7. The van der Waals surface area contributed by atoms with Gasteiger partial charge in [0.1, 0.15) is 97.0 Å². The van der Waals surface area contributed by atoms with Crippen LogP contribution in [0.15, 0.2) is 11.6 Å². The molecule has 28 atom stereocenters. The first-order valence-corrected chi connectivity index (χ1v) is 27.8. The van der Waals surface area contributed by atoms with Crippen molar-refractivity contribution in [3.05, 3.63) is 11.6 Å². The van der Waals surface area contributed by atoms with Crippen LogP contribution in [0.5, 0.6) is 0 Å². The fraction of sp³-hybridized carbons (Fsp3) is 0.907. The Morgan fingerprint density at radius 2 is 1.09 bits per heavy atom. The molecule has 79 heavy (non-hydrogen) atoms. The van der Waals surface area contributed by atoms with Gasteiger partial charge in [0, 0.05) is 17.8 Å². The lowest BCUT2D eigenvalue weighted by molar-refractivity contribution is -0.407. The van der Waals surface area contributed by atoms with Crippen molar-refractivity contribution in [2.45, 2.75) is 235 Å². The van der Waals surface area contributed by atoms with E-state index in [2.05, 4.69) is 40.7 Å². The van der Waals surface area contributed by atoms with E-state index >= 15 is 0 Å². The standard InChI is InChI=1S/C54H84O25/c1-49(2)14-15-54(48(70)71)22(16-49)21-8-9-27-51(5)12-11-29(50(3,4)26(51)10-13-52(27,6)53(21,7)17-28(54)58)75-47-42(79-45-37(66)34(63)31(60)24(19-56)73-45)39(38(67)40(77-47)43(68)69)76-46-41(35(64)32(61)25(20-57)74-46)78-44-36(65)33(62)30(59)23(18-55)72-44/h8,22-27,29-42,44-47,55-57,59-67H,9-20H2,1-7H3,(H,68,69)(H,70,71)/t22-,23+,24-,25+,26-,27+,29-,30+,31-,32+,33-,34+,35-,36+,37-,38-,39-,40-,41+,42+,44-,45+,46-,47+,51-,52+,53+,54+/m0/s1. The number of rotatable bonds is 13. The first-order valence-electron chi connectivity index (χ1n) is 27.8. The van der Waals surface area contributed by atoms with Gasteiger partial charge >= 0.3 is 11.9 Å². The average molecular weight is 1130 g/mol. The largest absolute Gasteiger partial charge is 0.480 e. The van der Waals surface area contributed by atoms with Crippen molar-refractivity contribution in [1.29, 1.82) is 0 Å². The molecule has 0 unspecified atom stereocenters. The number of carbonyl (C=O) groups excluding carboxylic acids is 1. The number of fused-ring (bicyclic) bond motifs is 7. The van der Waals surface area contributed by atoms with Crippen molar-refractivity contribution < 1.29 is 124 Å². The monoisotopic (exact) mass is 1130 g/mol. The van der Waals surface area contributed by atoms with Crippen molar-refractivity contribution >= 4 is 17.7 Å². The molecule has 4 saturated carbocycles. The molecule has 0 amide bonds. The van der Waals surface area contributed by atoms with Crippen molar-refractivity contribution in [2.24, 2.45) is 50.2 Å². The van der Waals surface area contributed by atoms with Gasteiger partial charge in [-0.25, -0.2) is 4.79 Å². The van der Waals surface area contributed by atoms with Crippen LogP contribution >= 0.6 is 0 Å². The number of allylic oxidation sites excluding steroid dienone is 2. The number of carboxylic acid groups (broad SMARTS) is 2.